The van der Waals surface area contributed by atoms with Crippen molar-refractivity contribution in [3.63, 3.8) is 0 Å². The van der Waals surface area contributed by atoms with E-state index in [0.717, 1.165) is 22.3 Å². The summed E-state index contributed by atoms with van der Waals surface area (Å²) in [5.41, 5.74) is 10.1. The number of imide groups is 1. The molecule has 2 fully saturated rings. The number of amides is 3. The van der Waals surface area contributed by atoms with Crippen molar-refractivity contribution in [3.8, 4) is 0 Å². The van der Waals surface area contributed by atoms with Gasteiger partial charge in [0.25, 0.3) is 0 Å². The van der Waals surface area contributed by atoms with Gasteiger partial charge in [0.05, 0.1) is 23.6 Å². The summed E-state index contributed by atoms with van der Waals surface area (Å²) in [6.07, 6.45) is 3.70. The van der Waals surface area contributed by atoms with Crippen LogP contribution < -0.4 is 10.6 Å². The van der Waals surface area contributed by atoms with Crippen molar-refractivity contribution < 1.29 is 14.4 Å². The smallest absolute Gasteiger partial charge is 0.240 e. The highest BCUT2D eigenvalue weighted by Gasteiger charge is 2.64. The summed E-state index contributed by atoms with van der Waals surface area (Å²) in [6, 6.07) is 12.2. The molecule has 29 heavy (non-hydrogen) atoms. The summed E-state index contributed by atoms with van der Waals surface area (Å²) in [7, 11) is 0. The zero-order valence-electron chi connectivity index (χ0n) is 16.2. The van der Waals surface area contributed by atoms with Gasteiger partial charge in [-0.05, 0) is 54.3 Å². The molecule has 0 bridgehead atoms. The van der Waals surface area contributed by atoms with E-state index in [2.05, 4.69) is 0 Å². The number of fused-ring (bicyclic) bond motifs is 5. The van der Waals surface area contributed by atoms with Crippen LogP contribution in [0.4, 0.5) is 5.69 Å². The first-order valence-electron chi connectivity index (χ1n) is 9.68. The topological polar surface area (TPSA) is 83.7 Å². The quantitative estimate of drug-likeness (QED) is 0.802. The van der Waals surface area contributed by atoms with Gasteiger partial charge in [-0.25, -0.2) is 4.90 Å². The van der Waals surface area contributed by atoms with Gasteiger partial charge in [-0.15, -0.1) is 0 Å². The molecular formula is C23H21N3O3. The molecule has 2 saturated heterocycles. The molecule has 4 atom stereocenters. The Morgan fingerprint density at radius 1 is 0.966 bits per heavy atom. The fourth-order valence-electron chi connectivity index (χ4n) is 5.22. The van der Waals surface area contributed by atoms with E-state index >= 15 is 0 Å². The molecule has 0 aliphatic carbocycles. The van der Waals surface area contributed by atoms with Crippen molar-refractivity contribution in [2.45, 2.75) is 25.9 Å². The zero-order chi connectivity index (χ0) is 20.4. The number of carbonyl (C=O) groups is 3. The SMILES string of the molecule is Cc1cc(C)cc(N2C(=O)C3C(C2=O)C2c4ccccc4C=CN2C3C(N)=O)c1. The Balaban J connectivity index is 1.66. The van der Waals surface area contributed by atoms with E-state index < -0.39 is 23.8 Å². The highest BCUT2D eigenvalue weighted by molar-refractivity contribution is 6.24. The van der Waals surface area contributed by atoms with Crippen molar-refractivity contribution in [3.05, 3.63) is 70.9 Å². The van der Waals surface area contributed by atoms with Crippen LogP contribution in [0, 0.1) is 25.7 Å². The molecule has 2 aromatic rings. The summed E-state index contributed by atoms with van der Waals surface area (Å²) >= 11 is 0. The molecule has 6 nitrogen and oxygen atoms in total. The van der Waals surface area contributed by atoms with Gasteiger partial charge in [-0.1, -0.05) is 30.3 Å². The lowest BCUT2D eigenvalue weighted by atomic mass is 9.84. The van der Waals surface area contributed by atoms with E-state index in [9.17, 15) is 14.4 Å². The number of carbonyl (C=O) groups excluding carboxylic acids is 3. The summed E-state index contributed by atoms with van der Waals surface area (Å²) in [4.78, 5) is 42.4. The van der Waals surface area contributed by atoms with Gasteiger partial charge in [0.2, 0.25) is 17.7 Å². The first-order valence-corrected chi connectivity index (χ1v) is 9.68. The van der Waals surface area contributed by atoms with Crippen LogP contribution in [0.5, 0.6) is 0 Å². The number of aryl methyl sites for hydroxylation is 2. The van der Waals surface area contributed by atoms with Crippen LogP contribution in [0.15, 0.2) is 48.7 Å². The lowest BCUT2D eigenvalue weighted by molar-refractivity contribution is -0.129. The summed E-state index contributed by atoms with van der Waals surface area (Å²) in [5.74, 6) is -2.65. The van der Waals surface area contributed by atoms with E-state index in [1.54, 1.807) is 11.1 Å². The van der Waals surface area contributed by atoms with E-state index in [4.69, 9.17) is 5.73 Å². The minimum Gasteiger partial charge on any atom is -0.368 e. The van der Waals surface area contributed by atoms with Crippen molar-refractivity contribution in [1.29, 1.82) is 0 Å². The fourth-order valence-corrected chi connectivity index (χ4v) is 5.22. The van der Waals surface area contributed by atoms with Crippen molar-refractivity contribution >= 4 is 29.5 Å². The van der Waals surface area contributed by atoms with E-state index in [1.807, 2.05) is 62.4 Å². The van der Waals surface area contributed by atoms with Gasteiger partial charge in [0.1, 0.15) is 6.04 Å². The van der Waals surface area contributed by atoms with Gasteiger partial charge in [0.15, 0.2) is 0 Å². The Bertz CT molecular complexity index is 1090. The third-order valence-corrected chi connectivity index (χ3v) is 6.22. The molecule has 2 N–H and O–H groups in total. The Kier molecular flexibility index (Phi) is 3.68. The summed E-state index contributed by atoms with van der Waals surface area (Å²) in [5, 5.41) is 0. The molecule has 0 aromatic heterocycles. The molecular weight excluding hydrogens is 366 g/mol. The molecule has 6 heteroatoms. The molecule has 3 aliphatic rings. The molecule has 0 spiro atoms. The van der Waals surface area contributed by atoms with Gasteiger partial charge in [0, 0.05) is 6.20 Å². The second-order valence-corrected chi connectivity index (χ2v) is 8.09. The second kappa shape index (κ2) is 6.04. The van der Waals surface area contributed by atoms with Gasteiger partial charge < -0.3 is 10.6 Å². The molecule has 2 aromatic carbocycles. The Labute approximate surface area is 168 Å². The summed E-state index contributed by atoms with van der Waals surface area (Å²) in [6.45, 7) is 3.86. The molecule has 5 rings (SSSR count). The predicted molar refractivity (Wildman–Crippen MR) is 108 cm³/mol. The Morgan fingerprint density at radius 3 is 2.31 bits per heavy atom. The Morgan fingerprint density at radius 2 is 1.62 bits per heavy atom. The highest BCUT2D eigenvalue weighted by atomic mass is 16.2. The molecule has 3 aliphatic heterocycles. The largest absolute Gasteiger partial charge is 0.368 e. The molecule has 3 heterocycles. The average Bonchev–Trinajstić information content (AvgIpc) is 3.14. The normalized spacial score (nSPS) is 27.1. The maximum atomic E-state index is 13.6. The van der Waals surface area contributed by atoms with Crippen molar-refractivity contribution in [2.75, 3.05) is 4.90 Å². The van der Waals surface area contributed by atoms with Gasteiger partial charge in [-0.2, -0.15) is 0 Å². The van der Waals surface area contributed by atoms with Crippen molar-refractivity contribution in [1.82, 2.24) is 4.90 Å². The lowest BCUT2D eigenvalue weighted by Gasteiger charge is -2.34. The molecule has 0 saturated carbocycles. The molecule has 3 amide bonds. The maximum Gasteiger partial charge on any atom is 0.240 e. The minimum atomic E-state index is -0.845. The van der Waals surface area contributed by atoms with Crippen LogP contribution in [-0.4, -0.2) is 28.7 Å². The number of anilines is 1. The molecule has 4 unspecified atom stereocenters. The lowest BCUT2D eigenvalue weighted by Crippen LogP contribution is -2.46. The maximum absolute atomic E-state index is 13.6. The zero-order valence-corrected chi connectivity index (χ0v) is 16.2. The van der Waals surface area contributed by atoms with Gasteiger partial charge >= 0.3 is 0 Å². The fraction of sp³-hybridized carbons (Fsp3) is 0.261. The van der Waals surface area contributed by atoms with E-state index in [0.29, 0.717) is 5.69 Å². The van der Waals surface area contributed by atoms with Crippen LogP contribution in [0.25, 0.3) is 6.08 Å². The standard InChI is InChI=1S/C23H21N3O3/c1-12-9-13(2)11-15(10-12)26-22(28)17-18(23(26)29)20(21(24)27)25-8-7-14-5-3-4-6-16(14)19(17)25/h3-11,17-20H,1-2H3,(H2,24,27). The molecule has 0 radical (unpaired) electrons. The highest BCUT2D eigenvalue weighted by Crippen LogP contribution is 2.53. The number of hydrogen-bond acceptors (Lipinski definition) is 4. The summed E-state index contributed by atoms with van der Waals surface area (Å²) < 4.78 is 0. The van der Waals surface area contributed by atoms with Crippen LogP contribution in [0.2, 0.25) is 0 Å². The monoisotopic (exact) mass is 387 g/mol. The second-order valence-electron chi connectivity index (χ2n) is 8.09. The van der Waals surface area contributed by atoms with E-state index in [-0.39, 0.29) is 17.9 Å². The number of hydrogen-bond donors (Lipinski definition) is 1. The first kappa shape index (κ1) is 17.7. The number of benzene rings is 2. The van der Waals surface area contributed by atoms with Gasteiger partial charge in [-0.3, -0.25) is 14.4 Å². The number of primary amides is 1. The van der Waals surface area contributed by atoms with Crippen molar-refractivity contribution in [2.24, 2.45) is 17.6 Å². The van der Waals surface area contributed by atoms with E-state index in [1.165, 1.54) is 4.90 Å². The van der Waals surface area contributed by atoms with Crippen LogP contribution in [-0.2, 0) is 14.4 Å². The number of rotatable bonds is 2. The van der Waals surface area contributed by atoms with Crippen LogP contribution in [0.1, 0.15) is 28.3 Å². The predicted octanol–water partition coefficient (Wildman–Crippen LogP) is 2.30. The van der Waals surface area contributed by atoms with Crippen LogP contribution >= 0.6 is 0 Å². The number of nitrogens with zero attached hydrogens (tertiary/aromatic N) is 2. The average molecular weight is 387 g/mol. The Hall–Kier alpha value is -3.41. The van der Waals surface area contributed by atoms with Crippen LogP contribution in [0.3, 0.4) is 0 Å². The number of nitrogens with two attached hydrogens (primary N) is 1. The third-order valence-electron chi connectivity index (χ3n) is 6.22. The molecule has 146 valence electrons. The first-order chi connectivity index (χ1) is 13.9. The third kappa shape index (κ3) is 2.38. The minimum absolute atomic E-state index is 0.270.